The topological polar surface area (TPSA) is 67.1 Å². The molecule has 1 aromatic carbocycles. The van der Waals surface area contributed by atoms with Gasteiger partial charge in [-0.3, -0.25) is 0 Å². The average Bonchev–Trinajstić information content (AvgIpc) is 2.47. The number of nitrogens with zero attached hydrogens (tertiary/aromatic N) is 3. The van der Waals surface area contributed by atoms with Crippen LogP contribution in [0, 0.1) is 0 Å². The summed E-state index contributed by atoms with van der Waals surface area (Å²) in [6.45, 7) is 0.932. The number of benzene rings is 1. The van der Waals surface area contributed by atoms with Gasteiger partial charge < -0.3 is 16.0 Å². The summed E-state index contributed by atoms with van der Waals surface area (Å²) in [6, 6.07) is 8.41. The van der Waals surface area contributed by atoms with Gasteiger partial charge in [0.05, 0.1) is 0 Å². The van der Waals surface area contributed by atoms with E-state index in [9.17, 15) is 0 Å². The largest absolute Gasteiger partial charge is 0.393 e. The van der Waals surface area contributed by atoms with Crippen molar-refractivity contribution in [2.75, 3.05) is 29.5 Å². The van der Waals surface area contributed by atoms with Crippen molar-refractivity contribution in [2.24, 2.45) is 0 Å². The lowest BCUT2D eigenvalue weighted by atomic mass is 10.0. The third-order valence-electron chi connectivity index (χ3n) is 3.47. The Bertz CT molecular complexity index is 596. The van der Waals surface area contributed by atoms with Gasteiger partial charge in [-0.25, -0.2) is 9.97 Å². The summed E-state index contributed by atoms with van der Waals surface area (Å²) >= 11 is 0. The lowest BCUT2D eigenvalue weighted by Gasteiger charge is -2.31. The number of nitrogen functional groups attached to an aromatic ring is 1. The molecule has 0 amide bonds. The lowest BCUT2D eigenvalue weighted by Crippen LogP contribution is -2.26. The summed E-state index contributed by atoms with van der Waals surface area (Å²) in [7, 11) is 1.81. The molecule has 0 aliphatic carbocycles. The number of nitrogens with one attached hydrogen (secondary N) is 1. The fraction of sp³-hybridized carbons (Fsp3) is 0.286. The van der Waals surface area contributed by atoms with Gasteiger partial charge in [-0.1, -0.05) is 18.2 Å². The van der Waals surface area contributed by atoms with Gasteiger partial charge in [0.15, 0.2) is 11.6 Å². The Morgan fingerprint density at radius 1 is 1.26 bits per heavy atom. The molecule has 0 saturated carbocycles. The SMILES string of the molecule is CNc1ncnc(N2CCCc3ccccc32)c1N. The summed E-state index contributed by atoms with van der Waals surface area (Å²) in [5.74, 6) is 1.46. The van der Waals surface area contributed by atoms with Crippen molar-refractivity contribution < 1.29 is 0 Å². The molecule has 0 saturated heterocycles. The van der Waals surface area contributed by atoms with Gasteiger partial charge >= 0.3 is 0 Å². The fourth-order valence-corrected chi connectivity index (χ4v) is 2.55. The van der Waals surface area contributed by atoms with Crippen molar-refractivity contribution in [3.05, 3.63) is 36.2 Å². The van der Waals surface area contributed by atoms with Crippen LogP contribution in [-0.2, 0) is 6.42 Å². The summed E-state index contributed by atoms with van der Waals surface area (Å²) < 4.78 is 0. The van der Waals surface area contributed by atoms with Crippen molar-refractivity contribution in [3.8, 4) is 0 Å². The Morgan fingerprint density at radius 3 is 2.95 bits per heavy atom. The van der Waals surface area contributed by atoms with Crippen LogP contribution in [0.15, 0.2) is 30.6 Å². The Labute approximate surface area is 112 Å². The van der Waals surface area contributed by atoms with E-state index in [-0.39, 0.29) is 0 Å². The predicted molar refractivity (Wildman–Crippen MR) is 77.8 cm³/mol. The van der Waals surface area contributed by atoms with Crippen LogP contribution in [0.5, 0.6) is 0 Å². The van der Waals surface area contributed by atoms with Gasteiger partial charge in [0, 0.05) is 19.3 Å². The average molecular weight is 255 g/mol. The van der Waals surface area contributed by atoms with Crippen LogP contribution >= 0.6 is 0 Å². The second-order valence-electron chi connectivity index (χ2n) is 4.59. The van der Waals surface area contributed by atoms with Crippen molar-refractivity contribution in [3.63, 3.8) is 0 Å². The molecule has 0 bridgehead atoms. The second-order valence-corrected chi connectivity index (χ2v) is 4.59. The summed E-state index contributed by atoms with van der Waals surface area (Å²) in [6.07, 6.45) is 3.76. The van der Waals surface area contributed by atoms with Crippen LogP contribution in [0.1, 0.15) is 12.0 Å². The highest BCUT2D eigenvalue weighted by atomic mass is 15.2. The monoisotopic (exact) mass is 255 g/mol. The number of aromatic nitrogens is 2. The third kappa shape index (κ3) is 1.97. The molecule has 3 N–H and O–H groups in total. The highest BCUT2D eigenvalue weighted by Crippen LogP contribution is 2.36. The first-order chi connectivity index (χ1) is 9.31. The molecule has 0 atom stereocenters. The van der Waals surface area contributed by atoms with Crippen LogP contribution in [0.25, 0.3) is 0 Å². The minimum absolute atomic E-state index is 0.599. The van der Waals surface area contributed by atoms with E-state index in [1.54, 1.807) is 6.33 Å². The van der Waals surface area contributed by atoms with Crippen molar-refractivity contribution in [1.82, 2.24) is 9.97 Å². The van der Waals surface area contributed by atoms with Crippen LogP contribution in [0.4, 0.5) is 23.0 Å². The maximum Gasteiger partial charge on any atom is 0.161 e. The van der Waals surface area contributed by atoms with Crippen molar-refractivity contribution in [1.29, 1.82) is 0 Å². The molecule has 5 heteroatoms. The zero-order valence-corrected chi connectivity index (χ0v) is 10.9. The van der Waals surface area contributed by atoms with E-state index in [0.717, 1.165) is 25.2 Å². The summed E-state index contributed by atoms with van der Waals surface area (Å²) in [5.41, 5.74) is 9.29. The zero-order valence-electron chi connectivity index (χ0n) is 10.9. The summed E-state index contributed by atoms with van der Waals surface area (Å²) in [5, 5.41) is 3.00. The van der Waals surface area contributed by atoms with E-state index < -0.39 is 0 Å². The molecule has 5 nitrogen and oxygen atoms in total. The van der Waals surface area contributed by atoms with Crippen LogP contribution in [-0.4, -0.2) is 23.6 Å². The number of nitrogens with two attached hydrogens (primary N) is 1. The predicted octanol–water partition coefficient (Wildman–Crippen LogP) is 2.18. The van der Waals surface area contributed by atoms with E-state index in [4.69, 9.17) is 5.73 Å². The molecule has 98 valence electrons. The maximum atomic E-state index is 6.15. The van der Waals surface area contributed by atoms with Crippen LogP contribution < -0.4 is 16.0 Å². The Hall–Kier alpha value is -2.30. The Morgan fingerprint density at radius 2 is 2.11 bits per heavy atom. The number of hydrogen-bond donors (Lipinski definition) is 2. The number of aryl methyl sites for hydroxylation is 1. The van der Waals surface area contributed by atoms with E-state index in [2.05, 4.69) is 38.4 Å². The minimum atomic E-state index is 0.599. The first-order valence-electron chi connectivity index (χ1n) is 6.45. The molecular formula is C14H17N5. The number of rotatable bonds is 2. The normalized spacial score (nSPS) is 14.1. The van der Waals surface area contributed by atoms with E-state index in [1.165, 1.54) is 11.3 Å². The van der Waals surface area contributed by atoms with Gasteiger partial charge in [0.25, 0.3) is 0 Å². The van der Waals surface area contributed by atoms with Crippen molar-refractivity contribution >= 4 is 23.0 Å². The molecular weight excluding hydrogens is 238 g/mol. The van der Waals surface area contributed by atoms with Gasteiger partial charge in [-0.2, -0.15) is 0 Å². The minimum Gasteiger partial charge on any atom is -0.393 e. The molecule has 2 aromatic rings. The van der Waals surface area contributed by atoms with Gasteiger partial charge in [0.1, 0.15) is 12.0 Å². The molecule has 0 unspecified atom stereocenters. The highest BCUT2D eigenvalue weighted by molar-refractivity contribution is 5.80. The molecule has 1 aliphatic heterocycles. The van der Waals surface area contributed by atoms with Crippen LogP contribution in [0.3, 0.4) is 0 Å². The number of anilines is 4. The number of fused-ring (bicyclic) bond motifs is 1. The molecule has 3 rings (SSSR count). The van der Waals surface area contributed by atoms with Crippen LogP contribution in [0.2, 0.25) is 0 Å². The first-order valence-corrected chi connectivity index (χ1v) is 6.45. The molecule has 19 heavy (non-hydrogen) atoms. The van der Waals surface area contributed by atoms with E-state index in [0.29, 0.717) is 11.5 Å². The second kappa shape index (κ2) is 4.76. The smallest absolute Gasteiger partial charge is 0.161 e. The molecule has 0 spiro atoms. The quantitative estimate of drug-likeness (QED) is 0.861. The standard InChI is InChI=1S/C14H17N5/c1-16-13-12(15)14(18-9-17-13)19-8-4-6-10-5-2-3-7-11(10)19/h2-3,5,7,9H,4,6,8,15H2,1H3,(H,16,17,18). The molecule has 1 aromatic heterocycles. The third-order valence-corrected chi connectivity index (χ3v) is 3.47. The number of para-hydroxylation sites is 1. The zero-order chi connectivity index (χ0) is 13.2. The Balaban J connectivity index is 2.09. The molecule has 0 radical (unpaired) electrons. The highest BCUT2D eigenvalue weighted by Gasteiger charge is 2.21. The van der Waals surface area contributed by atoms with Gasteiger partial charge in [0.2, 0.25) is 0 Å². The number of hydrogen-bond acceptors (Lipinski definition) is 5. The fourth-order valence-electron chi connectivity index (χ4n) is 2.55. The molecule has 0 fully saturated rings. The Kier molecular flexibility index (Phi) is 2.95. The van der Waals surface area contributed by atoms with Gasteiger partial charge in [-0.05, 0) is 24.5 Å². The summed E-state index contributed by atoms with van der Waals surface area (Å²) in [4.78, 5) is 10.7. The van der Waals surface area contributed by atoms with E-state index >= 15 is 0 Å². The van der Waals surface area contributed by atoms with Crippen molar-refractivity contribution in [2.45, 2.75) is 12.8 Å². The molecule has 2 heterocycles. The molecule has 1 aliphatic rings. The van der Waals surface area contributed by atoms with E-state index in [1.807, 2.05) is 13.1 Å². The lowest BCUT2D eigenvalue weighted by molar-refractivity contribution is 0.759. The van der Waals surface area contributed by atoms with Gasteiger partial charge in [-0.15, -0.1) is 0 Å². The first kappa shape index (κ1) is 11.8. The maximum absolute atomic E-state index is 6.15.